The lowest BCUT2D eigenvalue weighted by Gasteiger charge is -2.57. The zero-order chi connectivity index (χ0) is 26.9. The number of nitrogens with two attached hydrogens (primary N) is 1. The molecule has 9 atom stereocenters. The Balaban J connectivity index is 2.02. The molecule has 11 heteroatoms. The standard InChI is InChI=1S/C25H30N2O9/c1-5-12(29)36-21-13-9(2)10-7-6-8-11(28)14(10)19(30)15(13)22(32)25(35)17(21)18(27(3)4)20(31)16(23(25)33)24(26)34/h6-9,13,15-18,21,24,28,34-35H,5,26H2,1-4H3/t9-,13+,15?,16?,17+,18-,21-,24?,25-/m0/s1. The van der Waals surface area contributed by atoms with Crippen LogP contribution in [0.3, 0.4) is 0 Å². The SMILES string of the molecule is CCC(=O)O[C@H]1[C@H]2C(C(=O)c3c(O)cccc3[C@@H]2C)C(=O)[C@]2(O)C(=O)C(C(N)O)C(=O)[C@@H](N(C)C)[C@H]12. The van der Waals surface area contributed by atoms with E-state index in [4.69, 9.17) is 10.5 Å². The molecule has 3 unspecified atom stereocenters. The van der Waals surface area contributed by atoms with E-state index >= 15 is 0 Å². The average molecular weight is 503 g/mol. The number of aliphatic hydroxyl groups excluding tert-OH is 1. The molecule has 36 heavy (non-hydrogen) atoms. The molecule has 1 aromatic rings. The van der Waals surface area contributed by atoms with Crippen molar-refractivity contribution in [3.05, 3.63) is 29.3 Å². The quantitative estimate of drug-likeness (QED) is 0.228. The number of phenols is 1. The van der Waals surface area contributed by atoms with Gasteiger partial charge in [-0.15, -0.1) is 0 Å². The molecule has 3 aliphatic rings. The number of phenolic OH excluding ortho intramolecular Hbond substituents is 1. The molecule has 2 fully saturated rings. The number of nitrogens with zero attached hydrogens (tertiary/aromatic N) is 1. The van der Waals surface area contributed by atoms with Crippen LogP contribution < -0.4 is 5.73 Å². The predicted octanol–water partition coefficient (Wildman–Crippen LogP) is -0.848. The highest BCUT2D eigenvalue weighted by Crippen LogP contribution is 2.55. The molecule has 0 aromatic heterocycles. The van der Waals surface area contributed by atoms with Gasteiger partial charge < -0.3 is 25.8 Å². The van der Waals surface area contributed by atoms with Crippen LogP contribution in [0.2, 0.25) is 0 Å². The molecule has 5 N–H and O–H groups in total. The van der Waals surface area contributed by atoms with Gasteiger partial charge in [0.25, 0.3) is 0 Å². The van der Waals surface area contributed by atoms with Gasteiger partial charge in [-0.2, -0.15) is 0 Å². The van der Waals surface area contributed by atoms with Crippen molar-refractivity contribution in [1.29, 1.82) is 0 Å². The summed E-state index contributed by atoms with van der Waals surface area (Å²) in [5.41, 5.74) is 2.88. The number of aliphatic hydroxyl groups is 2. The Kier molecular flexibility index (Phi) is 6.40. The van der Waals surface area contributed by atoms with Crippen molar-refractivity contribution in [3.8, 4) is 5.75 Å². The summed E-state index contributed by atoms with van der Waals surface area (Å²) in [6, 6.07) is 3.09. The second-order valence-electron chi connectivity index (χ2n) is 10.1. The minimum absolute atomic E-state index is 0.0780. The highest BCUT2D eigenvalue weighted by molar-refractivity contribution is 6.27. The van der Waals surface area contributed by atoms with Gasteiger partial charge in [0.15, 0.2) is 28.7 Å². The summed E-state index contributed by atoms with van der Waals surface area (Å²) in [5.74, 6) is -12.0. The number of hydrogen-bond donors (Lipinski definition) is 4. The van der Waals surface area contributed by atoms with Crippen molar-refractivity contribution in [3.63, 3.8) is 0 Å². The number of Topliss-reactive ketones (excluding diaryl/α,β-unsaturated/α-hetero) is 4. The number of likely N-dealkylation sites (N-methyl/N-ethyl adjacent to an activating group) is 1. The van der Waals surface area contributed by atoms with Crippen LogP contribution in [-0.4, -0.2) is 87.4 Å². The summed E-state index contributed by atoms with van der Waals surface area (Å²) < 4.78 is 5.74. The smallest absolute Gasteiger partial charge is 0.305 e. The number of fused-ring (bicyclic) bond motifs is 3. The number of hydrogen-bond acceptors (Lipinski definition) is 11. The van der Waals surface area contributed by atoms with Gasteiger partial charge in [-0.1, -0.05) is 26.0 Å². The number of carbonyl (C=O) groups is 5. The molecule has 0 bridgehead atoms. The van der Waals surface area contributed by atoms with Crippen LogP contribution in [-0.2, 0) is 23.9 Å². The van der Waals surface area contributed by atoms with Crippen molar-refractivity contribution in [2.24, 2.45) is 29.4 Å². The lowest BCUT2D eigenvalue weighted by molar-refractivity contribution is -0.207. The van der Waals surface area contributed by atoms with Crippen molar-refractivity contribution < 1.29 is 44.0 Å². The molecule has 4 rings (SSSR count). The van der Waals surface area contributed by atoms with Crippen molar-refractivity contribution >= 4 is 29.1 Å². The van der Waals surface area contributed by atoms with E-state index in [2.05, 4.69) is 0 Å². The van der Waals surface area contributed by atoms with Crippen LogP contribution in [0.5, 0.6) is 5.75 Å². The Morgan fingerprint density at radius 1 is 1.19 bits per heavy atom. The predicted molar refractivity (Wildman–Crippen MR) is 123 cm³/mol. The topological polar surface area (TPSA) is 185 Å². The summed E-state index contributed by atoms with van der Waals surface area (Å²) in [6.45, 7) is 3.22. The third-order valence-electron chi connectivity index (χ3n) is 7.98. The molecule has 0 radical (unpaired) electrons. The maximum atomic E-state index is 14.0. The van der Waals surface area contributed by atoms with E-state index in [0.29, 0.717) is 5.56 Å². The molecule has 11 nitrogen and oxygen atoms in total. The molecule has 0 amide bonds. The summed E-state index contributed by atoms with van der Waals surface area (Å²) in [7, 11) is 2.97. The molecule has 2 saturated carbocycles. The highest BCUT2D eigenvalue weighted by atomic mass is 16.5. The Morgan fingerprint density at radius 2 is 1.83 bits per heavy atom. The van der Waals surface area contributed by atoms with E-state index in [9.17, 15) is 39.3 Å². The monoisotopic (exact) mass is 502 g/mol. The third-order valence-corrected chi connectivity index (χ3v) is 7.98. The van der Waals surface area contributed by atoms with Crippen LogP contribution in [0.4, 0.5) is 0 Å². The Bertz CT molecular complexity index is 1160. The number of ether oxygens (including phenoxy) is 1. The Hall–Kier alpha value is -2.99. The molecule has 0 spiro atoms. The van der Waals surface area contributed by atoms with E-state index in [1.54, 1.807) is 13.0 Å². The molecular weight excluding hydrogens is 472 g/mol. The van der Waals surface area contributed by atoms with Crippen molar-refractivity contribution in [1.82, 2.24) is 4.90 Å². The molecule has 0 heterocycles. The van der Waals surface area contributed by atoms with Crippen LogP contribution >= 0.6 is 0 Å². The number of ketones is 4. The maximum absolute atomic E-state index is 14.0. The second-order valence-corrected chi connectivity index (χ2v) is 10.1. The summed E-state index contributed by atoms with van der Waals surface area (Å²) in [6.07, 6.45) is -3.48. The lowest BCUT2D eigenvalue weighted by atomic mass is 9.49. The normalized spacial score (nSPS) is 36.7. The van der Waals surface area contributed by atoms with E-state index in [1.165, 1.54) is 38.1 Å². The zero-order valence-electron chi connectivity index (χ0n) is 20.4. The third kappa shape index (κ3) is 3.37. The average Bonchev–Trinajstić information content (AvgIpc) is 2.80. The van der Waals surface area contributed by atoms with Gasteiger partial charge in [0.05, 0.1) is 23.4 Å². The van der Waals surface area contributed by atoms with Gasteiger partial charge in [-0.25, -0.2) is 0 Å². The van der Waals surface area contributed by atoms with Crippen molar-refractivity contribution in [2.45, 2.75) is 50.2 Å². The minimum Gasteiger partial charge on any atom is -0.507 e. The summed E-state index contributed by atoms with van der Waals surface area (Å²) in [5, 5.41) is 32.3. The zero-order valence-corrected chi connectivity index (χ0v) is 20.4. The largest absolute Gasteiger partial charge is 0.507 e. The van der Waals surface area contributed by atoms with Gasteiger partial charge in [0, 0.05) is 12.3 Å². The van der Waals surface area contributed by atoms with E-state index in [-0.39, 0.29) is 17.7 Å². The van der Waals surface area contributed by atoms with E-state index in [0.717, 1.165) is 0 Å². The Labute approximate surface area is 207 Å². The van der Waals surface area contributed by atoms with Crippen LogP contribution in [0.15, 0.2) is 18.2 Å². The first-order chi connectivity index (χ1) is 16.8. The molecule has 194 valence electrons. The number of rotatable bonds is 4. The van der Waals surface area contributed by atoms with Gasteiger partial charge >= 0.3 is 5.97 Å². The van der Waals surface area contributed by atoms with E-state index < -0.39 is 82.7 Å². The van der Waals surface area contributed by atoms with Crippen LogP contribution in [0.1, 0.15) is 42.1 Å². The summed E-state index contributed by atoms with van der Waals surface area (Å²) in [4.78, 5) is 68.5. The minimum atomic E-state index is -2.95. The number of aromatic hydroxyl groups is 1. The number of carbonyl (C=O) groups excluding carboxylic acids is 5. The molecule has 0 aliphatic heterocycles. The molecule has 1 aromatic carbocycles. The fraction of sp³-hybridized carbons (Fsp3) is 0.560. The maximum Gasteiger partial charge on any atom is 0.305 e. The second kappa shape index (κ2) is 8.84. The van der Waals surface area contributed by atoms with Gasteiger partial charge in [-0.05, 0) is 31.6 Å². The number of esters is 1. The van der Waals surface area contributed by atoms with E-state index in [1.807, 2.05) is 0 Å². The molecule has 3 aliphatic carbocycles. The first-order valence-electron chi connectivity index (χ1n) is 11.8. The lowest BCUT2D eigenvalue weighted by Crippen LogP contribution is -2.78. The fourth-order valence-corrected chi connectivity index (χ4v) is 6.39. The fourth-order valence-electron chi connectivity index (χ4n) is 6.39. The first kappa shape index (κ1) is 26.1. The Morgan fingerprint density at radius 3 is 2.39 bits per heavy atom. The van der Waals surface area contributed by atoms with Crippen LogP contribution in [0.25, 0.3) is 0 Å². The highest BCUT2D eigenvalue weighted by Gasteiger charge is 2.73. The van der Waals surface area contributed by atoms with Crippen molar-refractivity contribution in [2.75, 3.05) is 14.1 Å². The van der Waals surface area contributed by atoms with Gasteiger partial charge in [0.1, 0.15) is 24.0 Å². The van der Waals surface area contributed by atoms with Crippen LogP contribution in [0, 0.1) is 23.7 Å². The van der Waals surface area contributed by atoms with Gasteiger partial charge in [0.2, 0.25) is 0 Å². The first-order valence-corrected chi connectivity index (χ1v) is 11.8. The summed E-state index contributed by atoms with van der Waals surface area (Å²) >= 11 is 0. The molecule has 0 saturated heterocycles. The molecular formula is C25H30N2O9. The number of benzene rings is 1. The van der Waals surface area contributed by atoms with Gasteiger partial charge in [-0.3, -0.25) is 28.9 Å².